The molecule has 3 atom stereocenters. The van der Waals surface area contributed by atoms with Gasteiger partial charge in [-0.2, -0.15) is 0 Å². The number of ether oxygens (including phenoxy) is 1. The molecule has 0 aromatic heterocycles. The lowest BCUT2D eigenvalue weighted by molar-refractivity contribution is -0.153. The lowest BCUT2D eigenvalue weighted by Crippen LogP contribution is -2.43. The number of hydrogen-bond acceptors (Lipinski definition) is 4. The van der Waals surface area contributed by atoms with Crippen LogP contribution in [0.2, 0.25) is 0 Å². The van der Waals surface area contributed by atoms with Crippen LogP contribution in [-0.4, -0.2) is 41.0 Å². The molecule has 6 nitrogen and oxygen atoms in total. The highest BCUT2D eigenvalue weighted by atomic mass is 16.5. The van der Waals surface area contributed by atoms with Crippen LogP contribution in [-0.2, 0) is 14.3 Å². The van der Waals surface area contributed by atoms with Gasteiger partial charge < -0.3 is 20.1 Å². The van der Waals surface area contributed by atoms with Crippen molar-refractivity contribution in [3.05, 3.63) is 35.1 Å². The molecule has 6 heteroatoms. The summed E-state index contributed by atoms with van der Waals surface area (Å²) in [5.74, 6) is -2.49. The van der Waals surface area contributed by atoms with E-state index in [0.29, 0.717) is 11.1 Å². The molecule has 0 fully saturated rings. The summed E-state index contributed by atoms with van der Waals surface area (Å²) in [7, 11) is 1.49. The first-order valence-corrected chi connectivity index (χ1v) is 7.48. The van der Waals surface area contributed by atoms with Crippen molar-refractivity contribution in [2.24, 2.45) is 16.7 Å². The molecule has 0 radical (unpaired) electrons. The first-order chi connectivity index (χ1) is 10.7. The second kappa shape index (κ2) is 5.85. The molecular weight excluding hydrogens is 300 g/mol. The Balaban J connectivity index is 2.57. The molecule has 0 heterocycles. The lowest BCUT2D eigenvalue weighted by atomic mass is 9.60. The van der Waals surface area contributed by atoms with E-state index in [9.17, 15) is 24.9 Å². The minimum absolute atomic E-state index is 0.00760. The molecule has 2 aliphatic carbocycles. The number of fused-ring (bicyclic) bond motifs is 1. The maximum absolute atomic E-state index is 12.0. The fraction of sp³-hybridized carbons (Fsp3) is 0.529. The van der Waals surface area contributed by atoms with E-state index in [1.807, 2.05) is 0 Å². The predicted molar refractivity (Wildman–Crippen MR) is 83.0 cm³/mol. The van der Waals surface area contributed by atoms with Crippen LogP contribution in [0.25, 0.3) is 0 Å². The van der Waals surface area contributed by atoms with Gasteiger partial charge in [-0.25, -0.2) is 0 Å². The van der Waals surface area contributed by atoms with Gasteiger partial charge in [-0.3, -0.25) is 9.59 Å². The van der Waals surface area contributed by atoms with Crippen LogP contribution in [0.1, 0.15) is 26.7 Å². The van der Waals surface area contributed by atoms with E-state index in [1.54, 1.807) is 26.0 Å². The molecule has 0 spiro atoms. The summed E-state index contributed by atoms with van der Waals surface area (Å²) in [5.41, 5.74) is -1.32. The number of hydrogen-bond donors (Lipinski definition) is 3. The van der Waals surface area contributed by atoms with E-state index in [-0.39, 0.29) is 25.2 Å². The SMILES string of the molecule is COCCC1(C(=O)O)CC(O)=C2C=CC(C)(C(=O)O)C=C2C1C. The Morgan fingerprint density at radius 3 is 2.52 bits per heavy atom. The standard InChI is InChI=1S/C17H22O6/c1-10-12-8-16(2,14(19)20)5-4-11(12)13(18)9-17(10,15(21)22)6-7-23-3/h4-5,8,10,18H,6-7,9H2,1-3H3,(H,19,20)(H,21,22). The van der Waals surface area contributed by atoms with Crippen molar-refractivity contribution >= 4 is 11.9 Å². The van der Waals surface area contributed by atoms with E-state index in [4.69, 9.17) is 4.74 Å². The average molecular weight is 322 g/mol. The maximum atomic E-state index is 12.0. The molecule has 0 aromatic rings. The highest BCUT2D eigenvalue weighted by Gasteiger charge is 2.50. The van der Waals surface area contributed by atoms with Crippen molar-refractivity contribution in [3.8, 4) is 0 Å². The quantitative estimate of drug-likeness (QED) is 0.718. The number of carboxylic acid groups (broad SMARTS) is 2. The largest absolute Gasteiger partial charge is 0.512 e. The fourth-order valence-corrected chi connectivity index (χ4v) is 3.36. The van der Waals surface area contributed by atoms with Crippen molar-refractivity contribution < 1.29 is 29.6 Å². The fourth-order valence-electron chi connectivity index (χ4n) is 3.36. The number of aliphatic carboxylic acids is 2. The van der Waals surface area contributed by atoms with Gasteiger partial charge in [0.2, 0.25) is 0 Å². The summed E-state index contributed by atoms with van der Waals surface area (Å²) in [4.78, 5) is 23.5. The van der Waals surface area contributed by atoms with Gasteiger partial charge >= 0.3 is 11.9 Å². The van der Waals surface area contributed by atoms with Crippen LogP contribution < -0.4 is 0 Å². The molecule has 23 heavy (non-hydrogen) atoms. The van der Waals surface area contributed by atoms with Crippen LogP contribution >= 0.6 is 0 Å². The average Bonchev–Trinajstić information content (AvgIpc) is 2.49. The second-order valence-corrected chi connectivity index (χ2v) is 6.48. The van der Waals surface area contributed by atoms with Gasteiger partial charge in [-0.05, 0) is 24.8 Å². The zero-order chi connectivity index (χ0) is 17.4. The number of aliphatic hydroxyl groups excluding tert-OH is 1. The van der Waals surface area contributed by atoms with Crippen LogP contribution in [0.4, 0.5) is 0 Å². The molecule has 2 rings (SSSR count). The maximum Gasteiger partial charge on any atom is 0.317 e. The van der Waals surface area contributed by atoms with E-state index in [2.05, 4.69) is 0 Å². The molecule has 2 aliphatic rings. The second-order valence-electron chi connectivity index (χ2n) is 6.48. The van der Waals surface area contributed by atoms with Gasteiger partial charge in [-0.15, -0.1) is 0 Å². The molecule has 126 valence electrons. The molecule has 3 N–H and O–H groups in total. The van der Waals surface area contributed by atoms with E-state index in [1.165, 1.54) is 13.2 Å². The van der Waals surface area contributed by atoms with Gasteiger partial charge in [0.1, 0.15) is 11.2 Å². The third-order valence-corrected chi connectivity index (χ3v) is 5.09. The van der Waals surface area contributed by atoms with Gasteiger partial charge in [-0.1, -0.05) is 25.2 Å². The minimum Gasteiger partial charge on any atom is -0.512 e. The Morgan fingerprint density at radius 1 is 1.35 bits per heavy atom. The Kier molecular flexibility index (Phi) is 4.39. The number of methoxy groups -OCH3 is 1. The monoisotopic (exact) mass is 322 g/mol. The van der Waals surface area contributed by atoms with E-state index >= 15 is 0 Å². The van der Waals surface area contributed by atoms with Crippen LogP contribution in [0.3, 0.4) is 0 Å². The van der Waals surface area contributed by atoms with Crippen molar-refractivity contribution in [2.45, 2.75) is 26.7 Å². The number of rotatable bonds is 5. The molecule has 0 saturated carbocycles. The zero-order valence-corrected chi connectivity index (χ0v) is 13.5. The zero-order valence-electron chi connectivity index (χ0n) is 13.5. The normalized spacial score (nSPS) is 33.2. The Hall–Kier alpha value is -2.08. The number of carboxylic acids is 2. The highest BCUT2D eigenvalue weighted by Crippen LogP contribution is 2.51. The summed E-state index contributed by atoms with van der Waals surface area (Å²) in [6, 6.07) is 0. The van der Waals surface area contributed by atoms with Gasteiger partial charge in [0, 0.05) is 25.7 Å². The van der Waals surface area contributed by atoms with Crippen molar-refractivity contribution in [3.63, 3.8) is 0 Å². The molecule has 0 aliphatic heterocycles. The number of carbonyl (C=O) groups is 2. The van der Waals surface area contributed by atoms with Crippen LogP contribution in [0.5, 0.6) is 0 Å². The van der Waals surface area contributed by atoms with Gasteiger partial charge in [0.25, 0.3) is 0 Å². The number of allylic oxidation sites excluding steroid dienone is 4. The summed E-state index contributed by atoms with van der Waals surface area (Å²) >= 11 is 0. The lowest BCUT2D eigenvalue weighted by Gasteiger charge is -2.42. The summed E-state index contributed by atoms with van der Waals surface area (Å²) < 4.78 is 5.03. The van der Waals surface area contributed by atoms with Gasteiger partial charge in [0.05, 0.1) is 5.41 Å². The third kappa shape index (κ3) is 2.67. The smallest absolute Gasteiger partial charge is 0.317 e. The van der Waals surface area contributed by atoms with Gasteiger partial charge in [0.15, 0.2) is 0 Å². The summed E-state index contributed by atoms with van der Waals surface area (Å²) in [6.45, 7) is 3.56. The number of aliphatic hydroxyl groups is 1. The Bertz CT molecular complexity index is 629. The molecular formula is C17H22O6. The van der Waals surface area contributed by atoms with E-state index in [0.717, 1.165) is 0 Å². The van der Waals surface area contributed by atoms with Crippen molar-refractivity contribution in [2.75, 3.05) is 13.7 Å². The third-order valence-electron chi connectivity index (χ3n) is 5.09. The minimum atomic E-state index is -1.21. The summed E-state index contributed by atoms with van der Waals surface area (Å²) in [5, 5.41) is 29.5. The van der Waals surface area contributed by atoms with Crippen molar-refractivity contribution in [1.29, 1.82) is 0 Å². The van der Waals surface area contributed by atoms with Crippen molar-refractivity contribution in [1.82, 2.24) is 0 Å². The highest BCUT2D eigenvalue weighted by molar-refractivity contribution is 5.82. The molecule has 0 saturated heterocycles. The first kappa shape index (κ1) is 17.3. The summed E-state index contributed by atoms with van der Waals surface area (Å²) in [6.07, 6.45) is 4.89. The Morgan fingerprint density at radius 2 is 2.00 bits per heavy atom. The molecule has 3 unspecified atom stereocenters. The molecule has 0 amide bonds. The molecule has 0 aromatic carbocycles. The Labute approximate surface area is 134 Å². The first-order valence-electron chi connectivity index (χ1n) is 7.48. The van der Waals surface area contributed by atoms with Crippen LogP contribution in [0, 0.1) is 16.7 Å². The topological polar surface area (TPSA) is 104 Å². The molecule has 0 bridgehead atoms. The van der Waals surface area contributed by atoms with Crippen LogP contribution in [0.15, 0.2) is 35.1 Å². The predicted octanol–water partition coefficient (Wildman–Crippen LogP) is 2.53. The van der Waals surface area contributed by atoms with E-state index < -0.39 is 28.7 Å².